The van der Waals surface area contributed by atoms with Crippen LogP contribution in [-0.2, 0) is 6.42 Å². The van der Waals surface area contributed by atoms with Crippen molar-refractivity contribution in [2.75, 3.05) is 0 Å². The number of hydrogen-bond acceptors (Lipinski definition) is 6. The summed E-state index contributed by atoms with van der Waals surface area (Å²) in [5.41, 5.74) is 3.31. The first-order valence-electron chi connectivity index (χ1n) is 8.77. The number of carbonyl (C=O) groups excluding carboxylic acids is 1. The fourth-order valence-corrected chi connectivity index (χ4v) is 4.10. The van der Waals surface area contributed by atoms with Gasteiger partial charge in [-0.1, -0.05) is 0 Å². The Kier molecular flexibility index (Phi) is 3.90. The molecule has 0 radical (unpaired) electrons. The molecule has 0 spiro atoms. The fraction of sp³-hybridized carbons (Fsp3) is 0.211. The summed E-state index contributed by atoms with van der Waals surface area (Å²) < 4.78 is 1.86. The van der Waals surface area contributed by atoms with Crippen LogP contribution in [0, 0.1) is 0 Å². The predicted molar refractivity (Wildman–Crippen MR) is 101 cm³/mol. The number of nitrogens with zero attached hydrogens (tertiary/aromatic N) is 5. The number of thiazole rings is 1. The Morgan fingerprint density at radius 1 is 1.30 bits per heavy atom. The maximum atomic E-state index is 12.6. The van der Waals surface area contributed by atoms with Gasteiger partial charge in [0.05, 0.1) is 6.04 Å². The van der Waals surface area contributed by atoms with E-state index in [1.165, 1.54) is 11.3 Å². The van der Waals surface area contributed by atoms with Crippen LogP contribution < -0.4 is 5.32 Å². The van der Waals surface area contributed by atoms with Crippen LogP contribution in [0.3, 0.4) is 0 Å². The molecule has 7 nitrogen and oxygen atoms in total. The highest BCUT2D eigenvalue weighted by atomic mass is 32.1. The maximum absolute atomic E-state index is 12.6. The van der Waals surface area contributed by atoms with Gasteiger partial charge in [-0.3, -0.25) is 14.2 Å². The van der Waals surface area contributed by atoms with E-state index in [4.69, 9.17) is 4.98 Å². The minimum absolute atomic E-state index is 0.0936. The van der Waals surface area contributed by atoms with Crippen LogP contribution in [0.25, 0.3) is 16.3 Å². The molecule has 1 atom stereocenters. The van der Waals surface area contributed by atoms with E-state index in [-0.39, 0.29) is 11.9 Å². The molecule has 1 aliphatic rings. The number of pyridine rings is 1. The molecule has 0 bridgehead atoms. The lowest BCUT2D eigenvalue weighted by molar-refractivity contribution is 0.0928. The Morgan fingerprint density at radius 2 is 2.26 bits per heavy atom. The third kappa shape index (κ3) is 2.97. The normalized spacial score (nSPS) is 16.2. The van der Waals surface area contributed by atoms with Crippen molar-refractivity contribution in [1.82, 2.24) is 29.7 Å². The van der Waals surface area contributed by atoms with Crippen LogP contribution in [0.15, 0.2) is 48.5 Å². The summed E-state index contributed by atoms with van der Waals surface area (Å²) >= 11 is 1.51. The molecule has 8 heteroatoms. The topological polar surface area (TPSA) is 85.1 Å². The van der Waals surface area contributed by atoms with Gasteiger partial charge in [0.15, 0.2) is 10.8 Å². The number of aromatic nitrogens is 5. The first-order chi connectivity index (χ1) is 13.3. The number of nitrogens with one attached hydrogen (secondary N) is 1. The van der Waals surface area contributed by atoms with Gasteiger partial charge in [-0.05, 0) is 31.4 Å². The van der Waals surface area contributed by atoms with Gasteiger partial charge in [0.2, 0.25) is 0 Å². The average molecular weight is 376 g/mol. The molecule has 0 aromatic carbocycles. The third-order valence-corrected chi connectivity index (χ3v) is 5.50. The number of aryl methyl sites for hydroxylation is 1. The third-order valence-electron chi connectivity index (χ3n) is 4.73. The molecule has 4 heterocycles. The molecule has 5 rings (SSSR count). The predicted octanol–water partition coefficient (Wildman–Crippen LogP) is 3.06. The zero-order valence-electron chi connectivity index (χ0n) is 14.4. The van der Waals surface area contributed by atoms with Crippen molar-refractivity contribution in [2.45, 2.75) is 25.3 Å². The summed E-state index contributed by atoms with van der Waals surface area (Å²) in [6.45, 7) is 0. The van der Waals surface area contributed by atoms with Crippen LogP contribution in [0.2, 0.25) is 0 Å². The molecule has 1 unspecified atom stereocenters. The summed E-state index contributed by atoms with van der Waals surface area (Å²) in [6, 6.07) is 3.72. The molecule has 1 amide bonds. The minimum Gasteiger partial charge on any atom is -0.344 e. The first-order valence-corrected chi connectivity index (χ1v) is 9.65. The highest BCUT2D eigenvalue weighted by Gasteiger charge is 2.25. The molecule has 4 aromatic heterocycles. The van der Waals surface area contributed by atoms with Gasteiger partial charge in [0, 0.05) is 53.2 Å². The summed E-state index contributed by atoms with van der Waals surface area (Å²) in [4.78, 5) is 31.2. The quantitative estimate of drug-likeness (QED) is 0.594. The van der Waals surface area contributed by atoms with E-state index in [1.807, 2.05) is 34.3 Å². The molecule has 0 saturated carbocycles. The largest absolute Gasteiger partial charge is 0.344 e. The summed E-state index contributed by atoms with van der Waals surface area (Å²) in [5, 5.41) is 5.04. The van der Waals surface area contributed by atoms with Crippen LogP contribution in [-0.4, -0.2) is 30.2 Å². The average Bonchev–Trinajstić information content (AvgIpc) is 3.31. The standard InChI is InChI=1S/C19H16N6OS/c26-18(16-11-25-7-8-27-19(25)24-16)23-15-5-1-4-14-13(15)10-21-17(22-14)12-3-2-6-20-9-12/h2-3,6-11,15H,1,4-5H2,(H,23,26). The van der Waals surface area contributed by atoms with Crippen molar-refractivity contribution in [3.05, 3.63) is 65.4 Å². The molecule has 1 aliphatic carbocycles. The van der Waals surface area contributed by atoms with Crippen molar-refractivity contribution in [2.24, 2.45) is 0 Å². The zero-order valence-corrected chi connectivity index (χ0v) is 15.2. The second-order valence-electron chi connectivity index (χ2n) is 6.47. The minimum atomic E-state index is -0.167. The molecule has 27 heavy (non-hydrogen) atoms. The van der Waals surface area contributed by atoms with E-state index >= 15 is 0 Å². The van der Waals surface area contributed by atoms with E-state index in [9.17, 15) is 4.79 Å². The maximum Gasteiger partial charge on any atom is 0.272 e. The highest BCUT2D eigenvalue weighted by molar-refractivity contribution is 7.15. The van der Waals surface area contributed by atoms with E-state index in [0.717, 1.165) is 41.0 Å². The van der Waals surface area contributed by atoms with E-state index < -0.39 is 0 Å². The van der Waals surface area contributed by atoms with Crippen molar-refractivity contribution >= 4 is 22.2 Å². The highest BCUT2D eigenvalue weighted by Crippen LogP contribution is 2.29. The van der Waals surface area contributed by atoms with Gasteiger partial charge >= 0.3 is 0 Å². The molecule has 0 fully saturated rings. The monoisotopic (exact) mass is 376 g/mol. The van der Waals surface area contributed by atoms with Crippen molar-refractivity contribution < 1.29 is 4.79 Å². The Balaban J connectivity index is 1.40. The van der Waals surface area contributed by atoms with E-state index in [0.29, 0.717) is 11.5 Å². The lowest BCUT2D eigenvalue weighted by Crippen LogP contribution is -2.31. The SMILES string of the molecule is O=C(NC1CCCc2nc(-c3cccnc3)ncc21)c1cn2ccsc2n1. The van der Waals surface area contributed by atoms with E-state index in [2.05, 4.69) is 20.3 Å². The second kappa shape index (κ2) is 6.55. The van der Waals surface area contributed by atoms with Gasteiger partial charge in [0.25, 0.3) is 5.91 Å². The Bertz CT molecular complexity index is 1090. The van der Waals surface area contributed by atoms with Gasteiger partial charge in [-0.25, -0.2) is 15.0 Å². The zero-order chi connectivity index (χ0) is 18.2. The number of imidazole rings is 1. The van der Waals surface area contributed by atoms with Crippen molar-refractivity contribution in [3.63, 3.8) is 0 Å². The molecule has 1 N–H and O–H groups in total. The molecule has 134 valence electrons. The lowest BCUT2D eigenvalue weighted by atomic mass is 9.92. The Morgan fingerprint density at radius 3 is 3.11 bits per heavy atom. The van der Waals surface area contributed by atoms with Crippen molar-refractivity contribution in [3.8, 4) is 11.4 Å². The number of hydrogen-bond donors (Lipinski definition) is 1. The molecule has 0 saturated heterocycles. The molecular weight excluding hydrogens is 360 g/mol. The van der Waals surface area contributed by atoms with Gasteiger partial charge in [-0.15, -0.1) is 11.3 Å². The fourth-order valence-electron chi connectivity index (χ4n) is 3.40. The molecule has 0 aliphatic heterocycles. The Hall–Kier alpha value is -3.13. The van der Waals surface area contributed by atoms with Crippen molar-refractivity contribution in [1.29, 1.82) is 0 Å². The number of rotatable bonds is 3. The van der Waals surface area contributed by atoms with Crippen LogP contribution in [0.1, 0.15) is 40.6 Å². The summed E-state index contributed by atoms with van der Waals surface area (Å²) in [7, 11) is 0. The number of fused-ring (bicyclic) bond motifs is 2. The van der Waals surface area contributed by atoms with Crippen LogP contribution in [0.5, 0.6) is 0 Å². The number of amides is 1. The van der Waals surface area contributed by atoms with Crippen LogP contribution in [0.4, 0.5) is 0 Å². The molecule has 4 aromatic rings. The summed E-state index contributed by atoms with van der Waals surface area (Å²) in [5.74, 6) is 0.503. The van der Waals surface area contributed by atoms with Gasteiger partial charge in [-0.2, -0.15) is 0 Å². The van der Waals surface area contributed by atoms with Gasteiger partial charge in [0.1, 0.15) is 5.69 Å². The Labute approximate surface area is 159 Å². The van der Waals surface area contributed by atoms with Crippen LogP contribution >= 0.6 is 11.3 Å². The second-order valence-corrected chi connectivity index (χ2v) is 7.35. The number of carbonyl (C=O) groups is 1. The van der Waals surface area contributed by atoms with E-state index in [1.54, 1.807) is 18.6 Å². The van der Waals surface area contributed by atoms with Gasteiger partial charge < -0.3 is 5.32 Å². The summed E-state index contributed by atoms with van der Waals surface area (Å²) in [6.07, 6.45) is 11.7. The lowest BCUT2D eigenvalue weighted by Gasteiger charge is -2.25. The smallest absolute Gasteiger partial charge is 0.272 e. The molecular formula is C19H16N6OS. The first kappa shape index (κ1) is 16.1.